The van der Waals surface area contributed by atoms with Gasteiger partial charge in [0, 0.05) is 5.57 Å². The molecule has 0 bridgehead atoms. The Morgan fingerprint density at radius 1 is 1.53 bits per heavy atom. The summed E-state index contributed by atoms with van der Waals surface area (Å²) in [6.45, 7) is 4.19. The van der Waals surface area contributed by atoms with E-state index in [4.69, 9.17) is 27.9 Å². The maximum Gasteiger partial charge on any atom is 0.141 e. The number of allylic oxidation sites excluding steroid dienone is 5. The first-order chi connectivity index (χ1) is 7.11. The van der Waals surface area contributed by atoms with Crippen LogP contribution in [0.25, 0.3) is 0 Å². The second kappa shape index (κ2) is 5.62. The van der Waals surface area contributed by atoms with Crippen LogP contribution in [-0.2, 0) is 4.74 Å². The molecule has 0 saturated carbocycles. The van der Waals surface area contributed by atoms with Crippen LogP contribution in [0.1, 0.15) is 20.3 Å². The minimum absolute atomic E-state index is 0.414. The van der Waals surface area contributed by atoms with E-state index in [0.29, 0.717) is 22.6 Å². The van der Waals surface area contributed by atoms with Gasteiger partial charge in [0.2, 0.25) is 0 Å². The predicted octanol–water partition coefficient (Wildman–Crippen LogP) is 4.23. The van der Waals surface area contributed by atoms with Crippen LogP contribution in [-0.4, -0.2) is 13.0 Å². The molecule has 1 atom stereocenters. The minimum atomic E-state index is 0.414. The van der Waals surface area contributed by atoms with Crippen molar-refractivity contribution in [1.29, 1.82) is 0 Å². The van der Waals surface area contributed by atoms with Gasteiger partial charge in [0.15, 0.2) is 0 Å². The van der Waals surface area contributed by atoms with Crippen LogP contribution in [0.3, 0.4) is 0 Å². The third kappa shape index (κ3) is 2.79. The lowest BCUT2D eigenvalue weighted by Crippen LogP contribution is -2.04. The normalized spacial score (nSPS) is 25.0. The van der Waals surface area contributed by atoms with Gasteiger partial charge in [-0.25, -0.2) is 0 Å². The van der Waals surface area contributed by atoms with Crippen LogP contribution in [0.2, 0.25) is 0 Å². The zero-order valence-corrected chi connectivity index (χ0v) is 10.8. The minimum Gasteiger partial charge on any atom is -0.495 e. The number of ether oxygens (including phenoxy) is 1. The van der Waals surface area contributed by atoms with Gasteiger partial charge in [0.05, 0.1) is 18.0 Å². The van der Waals surface area contributed by atoms with E-state index in [-0.39, 0.29) is 0 Å². The summed E-state index contributed by atoms with van der Waals surface area (Å²) in [4.78, 5) is 0. The van der Waals surface area contributed by atoms with E-state index in [1.807, 2.05) is 13.0 Å². The van der Waals surface area contributed by atoms with Gasteiger partial charge in [-0.3, -0.25) is 0 Å². The maximum absolute atomic E-state index is 6.28. The van der Waals surface area contributed by atoms with Crippen molar-refractivity contribution in [2.24, 2.45) is 5.92 Å². The van der Waals surface area contributed by atoms with Crippen molar-refractivity contribution in [1.82, 2.24) is 0 Å². The van der Waals surface area contributed by atoms with Gasteiger partial charge in [-0.1, -0.05) is 30.7 Å². The van der Waals surface area contributed by atoms with E-state index < -0.39 is 0 Å². The molecule has 0 aromatic rings. The van der Waals surface area contributed by atoms with E-state index in [0.717, 1.165) is 17.6 Å². The van der Waals surface area contributed by atoms with E-state index >= 15 is 0 Å². The number of hydrogen-bond acceptors (Lipinski definition) is 1. The van der Waals surface area contributed by atoms with Crippen LogP contribution >= 0.6 is 23.2 Å². The third-order valence-electron chi connectivity index (χ3n) is 2.73. The van der Waals surface area contributed by atoms with Gasteiger partial charge in [-0.05, 0) is 24.8 Å². The lowest BCUT2D eigenvalue weighted by molar-refractivity contribution is 0.300. The van der Waals surface area contributed by atoms with Gasteiger partial charge in [0.1, 0.15) is 5.76 Å². The van der Waals surface area contributed by atoms with Crippen LogP contribution in [0, 0.1) is 5.92 Å². The molecule has 84 valence electrons. The Bertz CT molecular complexity index is 327. The molecule has 0 N–H and O–H groups in total. The van der Waals surface area contributed by atoms with Crippen molar-refractivity contribution in [2.45, 2.75) is 20.3 Å². The third-order valence-corrected chi connectivity index (χ3v) is 3.49. The molecule has 0 heterocycles. The average molecular weight is 247 g/mol. The molecule has 0 fully saturated rings. The molecule has 1 unspecified atom stereocenters. The largest absolute Gasteiger partial charge is 0.495 e. The maximum atomic E-state index is 6.28. The fraction of sp³-hybridized carbons (Fsp3) is 0.500. The molecule has 1 aliphatic carbocycles. The summed E-state index contributed by atoms with van der Waals surface area (Å²) in [6.07, 6.45) is 5.10. The first kappa shape index (κ1) is 12.7. The molecule has 0 aliphatic heterocycles. The number of alkyl halides is 1. The summed E-state index contributed by atoms with van der Waals surface area (Å²) in [5.41, 5.74) is 2.09. The van der Waals surface area contributed by atoms with Crippen molar-refractivity contribution in [3.05, 3.63) is 34.1 Å². The highest BCUT2D eigenvalue weighted by Crippen LogP contribution is 2.31. The Morgan fingerprint density at radius 3 is 2.73 bits per heavy atom. The summed E-state index contributed by atoms with van der Waals surface area (Å²) in [7, 11) is 1.62. The molecule has 0 radical (unpaired) electrons. The zero-order valence-electron chi connectivity index (χ0n) is 9.31. The van der Waals surface area contributed by atoms with Gasteiger partial charge in [-0.2, -0.15) is 0 Å². The molecule has 0 spiro atoms. The van der Waals surface area contributed by atoms with E-state index in [2.05, 4.69) is 13.0 Å². The second-order valence-corrected chi connectivity index (χ2v) is 4.37. The first-order valence-electron chi connectivity index (χ1n) is 4.98. The van der Waals surface area contributed by atoms with Gasteiger partial charge >= 0.3 is 0 Å². The molecular formula is C12H16Cl2O. The average Bonchev–Trinajstić information content (AvgIpc) is 2.24. The predicted molar refractivity (Wildman–Crippen MR) is 66.2 cm³/mol. The van der Waals surface area contributed by atoms with Crippen molar-refractivity contribution in [3.63, 3.8) is 0 Å². The smallest absolute Gasteiger partial charge is 0.141 e. The number of methoxy groups -OCH3 is 1. The summed E-state index contributed by atoms with van der Waals surface area (Å²) in [6, 6.07) is 0. The summed E-state index contributed by atoms with van der Waals surface area (Å²) < 4.78 is 5.32. The molecular weight excluding hydrogens is 231 g/mol. The van der Waals surface area contributed by atoms with Crippen molar-refractivity contribution in [2.75, 3.05) is 13.0 Å². The van der Waals surface area contributed by atoms with Gasteiger partial charge in [0.25, 0.3) is 0 Å². The highest BCUT2D eigenvalue weighted by molar-refractivity contribution is 6.32. The van der Waals surface area contributed by atoms with Gasteiger partial charge in [-0.15, -0.1) is 11.6 Å². The topological polar surface area (TPSA) is 9.23 Å². The molecule has 0 aromatic carbocycles. The van der Waals surface area contributed by atoms with Crippen molar-refractivity contribution < 1.29 is 4.74 Å². The molecule has 15 heavy (non-hydrogen) atoms. The number of hydrogen-bond donors (Lipinski definition) is 0. The Balaban J connectivity index is 3.26. The quantitative estimate of drug-likeness (QED) is 0.663. The molecule has 0 amide bonds. The summed E-state index contributed by atoms with van der Waals surface area (Å²) in [5, 5.41) is 0.699. The lowest BCUT2D eigenvalue weighted by Gasteiger charge is -2.18. The van der Waals surface area contributed by atoms with Crippen LogP contribution < -0.4 is 0 Å². The molecule has 1 nitrogen and oxygen atoms in total. The monoisotopic (exact) mass is 246 g/mol. The van der Waals surface area contributed by atoms with Crippen molar-refractivity contribution in [3.8, 4) is 0 Å². The molecule has 1 aliphatic rings. The fourth-order valence-corrected chi connectivity index (χ4v) is 2.12. The highest BCUT2D eigenvalue weighted by Gasteiger charge is 2.16. The zero-order chi connectivity index (χ0) is 11.4. The van der Waals surface area contributed by atoms with E-state index in [1.54, 1.807) is 7.11 Å². The van der Waals surface area contributed by atoms with Crippen molar-refractivity contribution >= 4 is 23.2 Å². The number of rotatable bonds is 2. The fourth-order valence-electron chi connectivity index (χ4n) is 1.53. The molecule has 1 rings (SSSR count). The molecule has 3 heteroatoms. The SMILES string of the molecule is COC1=C(CCl)/C=C/CC(C)C(C)=C1Cl. The summed E-state index contributed by atoms with van der Waals surface area (Å²) >= 11 is 12.1. The standard InChI is InChI=1S/C12H16Cl2O/c1-8-5-4-6-10(7-13)12(15-3)11(14)9(8)2/h4,6,8H,5,7H2,1-3H3/b6-4+,11-9?,12-10?. The Hall–Kier alpha value is -0.400. The first-order valence-corrected chi connectivity index (χ1v) is 5.89. The van der Waals surface area contributed by atoms with Crippen LogP contribution in [0.15, 0.2) is 34.1 Å². The highest BCUT2D eigenvalue weighted by atomic mass is 35.5. The molecule has 0 saturated heterocycles. The Kier molecular flexibility index (Phi) is 4.75. The van der Waals surface area contributed by atoms with Gasteiger partial charge < -0.3 is 4.74 Å². The van der Waals surface area contributed by atoms with Crippen LogP contribution in [0.4, 0.5) is 0 Å². The Morgan fingerprint density at radius 2 is 2.20 bits per heavy atom. The number of halogens is 2. The van der Waals surface area contributed by atoms with Crippen LogP contribution in [0.5, 0.6) is 0 Å². The lowest BCUT2D eigenvalue weighted by atomic mass is 9.95. The summed E-state index contributed by atoms with van der Waals surface area (Å²) in [5.74, 6) is 1.56. The van der Waals surface area contributed by atoms with E-state index in [1.165, 1.54) is 0 Å². The van der Waals surface area contributed by atoms with E-state index in [9.17, 15) is 0 Å². The molecule has 0 aromatic heterocycles. The Labute approximate surface area is 101 Å². The second-order valence-electron chi connectivity index (χ2n) is 3.73.